The van der Waals surface area contributed by atoms with Crippen LogP contribution in [0.5, 0.6) is 0 Å². The van der Waals surface area contributed by atoms with Crippen molar-refractivity contribution in [2.75, 3.05) is 32.4 Å². The second-order valence-electron chi connectivity index (χ2n) is 6.61. The van der Waals surface area contributed by atoms with E-state index in [1.807, 2.05) is 52.1 Å². The predicted molar refractivity (Wildman–Crippen MR) is 110 cm³/mol. The quantitative estimate of drug-likeness (QED) is 0.626. The maximum absolute atomic E-state index is 12.9. The summed E-state index contributed by atoms with van der Waals surface area (Å²) in [5.41, 5.74) is 2.61. The van der Waals surface area contributed by atoms with Crippen LogP contribution in [0, 0.1) is 0 Å². The first kappa shape index (κ1) is 18.3. The van der Waals surface area contributed by atoms with Gasteiger partial charge in [0.1, 0.15) is 5.65 Å². The Labute approximate surface area is 167 Å². The molecule has 3 aromatic rings. The summed E-state index contributed by atoms with van der Waals surface area (Å²) in [7, 11) is 0. The summed E-state index contributed by atoms with van der Waals surface area (Å²) in [5.74, 6) is 0.0169. The number of nitrogens with zero attached hydrogens (tertiary/aromatic N) is 4. The first-order valence-electron chi connectivity index (χ1n) is 8.92. The highest BCUT2D eigenvalue weighted by molar-refractivity contribution is 7.98. The Morgan fingerprint density at radius 1 is 1.19 bits per heavy atom. The summed E-state index contributed by atoms with van der Waals surface area (Å²) >= 11 is 7.88. The Kier molecular flexibility index (Phi) is 5.38. The predicted octanol–water partition coefficient (Wildman–Crippen LogP) is 3.67. The SMILES string of the molecule is CSc1ccc(Cl)c(C(=O)N2CCN(Cc3cn4ccccc4n3)CC2)c1. The normalized spacial score (nSPS) is 15.4. The van der Waals surface area contributed by atoms with Crippen LogP contribution in [0.4, 0.5) is 0 Å². The molecule has 0 spiro atoms. The molecule has 7 heteroatoms. The number of aromatic nitrogens is 2. The van der Waals surface area contributed by atoms with Crippen LogP contribution in [0.3, 0.4) is 0 Å². The number of hydrogen-bond acceptors (Lipinski definition) is 4. The Bertz CT molecular complexity index is 933. The highest BCUT2D eigenvalue weighted by Gasteiger charge is 2.24. The van der Waals surface area contributed by atoms with Gasteiger partial charge in [-0.2, -0.15) is 0 Å². The zero-order valence-electron chi connectivity index (χ0n) is 15.1. The topological polar surface area (TPSA) is 40.9 Å². The fourth-order valence-corrected chi connectivity index (χ4v) is 4.01. The molecular formula is C20H21ClN4OS. The Morgan fingerprint density at radius 2 is 2.00 bits per heavy atom. The Morgan fingerprint density at radius 3 is 2.74 bits per heavy atom. The number of carbonyl (C=O) groups is 1. The zero-order chi connectivity index (χ0) is 18.8. The molecule has 140 valence electrons. The van der Waals surface area contributed by atoms with Gasteiger partial charge in [-0.1, -0.05) is 17.7 Å². The first-order chi connectivity index (χ1) is 13.1. The summed E-state index contributed by atoms with van der Waals surface area (Å²) in [4.78, 5) is 22.8. The Balaban J connectivity index is 1.39. The third-order valence-corrected chi connectivity index (χ3v) is 5.92. The molecular weight excluding hydrogens is 380 g/mol. The molecule has 27 heavy (non-hydrogen) atoms. The second-order valence-corrected chi connectivity index (χ2v) is 7.90. The number of pyridine rings is 1. The molecule has 0 saturated carbocycles. The van der Waals surface area contributed by atoms with Gasteiger partial charge in [0.05, 0.1) is 16.3 Å². The van der Waals surface area contributed by atoms with E-state index < -0.39 is 0 Å². The van der Waals surface area contributed by atoms with Crippen LogP contribution in [0.1, 0.15) is 16.1 Å². The standard InChI is InChI=1S/C20H21ClN4OS/c1-27-16-5-6-18(21)17(12-16)20(26)24-10-8-23(9-11-24)13-15-14-25-7-3-2-4-19(25)22-15/h2-7,12,14H,8-11,13H2,1H3. The van der Waals surface area contributed by atoms with Crippen LogP contribution in [0.15, 0.2) is 53.7 Å². The van der Waals surface area contributed by atoms with Gasteiger partial charge >= 0.3 is 0 Å². The van der Waals surface area contributed by atoms with Crippen molar-refractivity contribution in [2.24, 2.45) is 0 Å². The van der Waals surface area contributed by atoms with Crippen molar-refractivity contribution in [1.82, 2.24) is 19.2 Å². The molecule has 0 atom stereocenters. The van der Waals surface area contributed by atoms with E-state index in [1.54, 1.807) is 17.8 Å². The number of hydrogen-bond donors (Lipinski definition) is 0. The molecule has 1 aliphatic rings. The molecule has 1 fully saturated rings. The van der Waals surface area contributed by atoms with Crippen molar-refractivity contribution in [3.63, 3.8) is 0 Å². The van der Waals surface area contributed by atoms with Gasteiger partial charge in [0.2, 0.25) is 0 Å². The molecule has 0 N–H and O–H groups in total. The van der Waals surface area contributed by atoms with Crippen molar-refractivity contribution in [1.29, 1.82) is 0 Å². The number of amides is 1. The van der Waals surface area contributed by atoms with Gasteiger partial charge in [-0.15, -0.1) is 11.8 Å². The van der Waals surface area contributed by atoms with Crippen LogP contribution >= 0.6 is 23.4 Å². The number of rotatable bonds is 4. The van der Waals surface area contributed by atoms with Gasteiger partial charge in [-0.25, -0.2) is 4.98 Å². The lowest BCUT2D eigenvalue weighted by Gasteiger charge is -2.34. The van der Waals surface area contributed by atoms with Crippen molar-refractivity contribution in [3.05, 3.63) is 65.1 Å². The average molecular weight is 401 g/mol. The second kappa shape index (κ2) is 7.92. The largest absolute Gasteiger partial charge is 0.336 e. The maximum atomic E-state index is 12.9. The molecule has 1 aliphatic heterocycles. The Hall–Kier alpha value is -2.02. The fourth-order valence-electron chi connectivity index (χ4n) is 3.37. The molecule has 1 amide bonds. The summed E-state index contributed by atoms with van der Waals surface area (Å²) in [6, 6.07) is 11.6. The molecule has 5 nitrogen and oxygen atoms in total. The van der Waals surface area contributed by atoms with Gasteiger partial charge < -0.3 is 9.30 Å². The fraction of sp³-hybridized carbons (Fsp3) is 0.300. The van der Waals surface area contributed by atoms with Crippen LogP contribution < -0.4 is 0 Å². The molecule has 1 saturated heterocycles. The van der Waals surface area contributed by atoms with E-state index in [-0.39, 0.29) is 5.91 Å². The number of imidazole rings is 1. The van der Waals surface area contributed by atoms with E-state index in [2.05, 4.69) is 16.1 Å². The third kappa shape index (κ3) is 3.98. The van der Waals surface area contributed by atoms with E-state index in [4.69, 9.17) is 11.6 Å². The number of benzene rings is 1. The zero-order valence-corrected chi connectivity index (χ0v) is 16.7. The van der Waals surface area contributed by atoms with Gasteiger partial charge in [0, 0.05) is 50.0 Å². The van der Waals surface area contributed by atoms with E-state index >= 15 is 0 Å². The number of halogens is 1. The number of fused-ring (bicyclic) bond motifs is 1. The van der Waals surface area contributed by atoms with Gasteiger partial charge in [0.15, 0.2) is 0 Å². The van der Waals surface area contributed by atoms with Crippen LogP contribution in [0.25, 0.3) is 5.65 Å². The van der Waals surface area contributed by atoms with Crippen LogP contribution in [0.2, 0.25) is 5.02 Å². The minimum absolute atomic E-state index is 0.0169. The van der Waals surface area contributed by atoms with Crippen molar-refractivity contribution < 1.29 is 4.79 Å². The summed E-state index contributed by atoms with van der Waals surface area (Å²) in [6.07, 6.45) is 6.07. The lowest BCUT2D eigenvalue weighted by atomic mass is 10.1. The molecule has 1 aromatic carbocycles. The molecule has 3 heterocycles. The molecule has 0 aliphatic carbocycles. The third-order valence-electron chi connectivity index (χ3n) is 4.86. The molecule has 0 unspecified atom stereocenters. The summed E-state index contributed by atoms with van der Waals surface area (Å²) in [6.45, 7) is 3.86. The molecule has 0 radical (unpaired) electrons. The van der Waals surface area contributed by atoms with Crippen LogP contribution in [-0.2, 0) is 6.54 Å². The van der Waals surface area contributed by atoms with Crippen molar-refractivity contribution >= 4 is 34.9 Å². The van der Waals surface area contributed by atoms with E-state index in [0.717, 1.165) is 35.9 Å². The van der Waals surface area contributed by atoms with Gasteiger partial charge in [0.25, 0.3) is 5.91 Å². The minimum atomic E-state index is 0.0169. The molecule has 4 rings (SSSR count). The summed E-state index contributed by atoms with van der Waals surface area (Å²) < 4.78 is 2.04. The van der Waals surface area contributed by atoms with Gasteiger partial charge in [-0.05, 0) is 36.6 Å². The van der Waals surface area contributed by atoms with Gasteiger partial charge in [-0.3, -0.25) is 9.69 Å². The lowest BCUT2D eigenvalue weighted by molar-refractivity contribution is 0.0627. The van der Waals surface area contributed by atoms with E-state index in [0.29, 0.717) is 23.7 Å². The number of thioether (sulfide) groups is 1. The van der Waals surface area contributed by atoms with E-state index in [1.165, 1.54) is 0 Å². The minimum Gasteiger partial charge on any atom is -0.336 e. The van der Waals surface area contributed by atoms with Crippen LogP contribution in [-0.4, -0.2) is 57.5 Å². The summed E-state index contributed by atoms with van der Waals surface area (Å²) in [5, 5.41) is 0.518. The molecule has 2 aromatic heterocycles. The molecule has 0 bridgehead atoms. The van der Waals surface area contributed by atoms with Crippen molar-refractivity contribution in [3.8, 4) is 0 Å². The first-order valence-corrected chi connectivity index (χ1v) is 10.5. The lowest BCUT2D eigenvalue weighted by Crippen LogP contribution is -2.48. The number of carbonyl (C=O) groups excluding carboxylic acids is 1. The highest BCUT2D eigenvalue weighted by atomic mass is 35.5. The van der Waals surface area contributed by atoms with Crippen molar-refractivity contribution in [2.45, 2.75) is 11.4 Å². The smallest absolute Gasteiger partial charge is 0.255 e. The monoisotopic (exact) mass is 400 g/mol. The average Bonchev–Trinajstić information content (AvgIpc) is 3.11. The number of piperazine rings is 1. The van der Waals surface area contributed by atoms with E-state index in [9.17, 15) is 4.79 Å². The maximum Gasteiger partial charge on any atom is 0.255 e. The highest BCUT2D eigenvalue weighted by Crippen LogP contribution is 2.24.